The van der Waals surface area contributed by atoms with Crippen LogP contribution in [0.1, 0.15) is 0 Å². The Bertz CT molecular complexity index is 205. The number of rotatable bonds is 1. The molecule has 5 N–H and O–H groups in total. The molecule has 5 atom stereocenters. The molecule has 1 saturated heterocycles. The largest absolute Gasteiger partial charge is 0.479 e. The van der Waals surface area contributed by atoms with E-state index in [4.69, 9.17) is 25.5 Å². The Labute approximate surface area is 72.8 Å². The second-order valence-electron chi connectivity index (χ2n) is 2.76. The number of ether oxygens (including phenoxy) is 1. The topological polar surface area (TPSA) is 127 Å². The lowest BCUT2D eigenvalue weighted by molar-refractivity contribution is -0.279. The number of carbonyl (C=O) groups is 1. The van der Waals surface area contributed by atoms with Gasteiger partial charge in [0.1, 0.15) is 18.3 Å². The van der Waals surface area contributed by atoms with Crippen LogP contribution in [0.4, 0.5) is 0 Å². The molecule has 7 nitrogen and oxygen atoms in total. The number of carboxylic acids is 1. The van der Waals surface area contributed by atoms with Crippen LogP contribution in [0.5, 0.6) is 0 Å². The van der Waals surface area contributed by atoms with Crippen LogP contribution in [0.15, 0.2) is 0 Å². The quantitative estimate of drug-likeness (QED) is 0.298. The summed E-state index contributed by atoms with van der Waals surface area (Å²) in [5.74, 6) is -1.52. The van der Waals surface area contributed by atoms with Gasteiger partial charge in [-0.25, -0.2) is 4.79 Å². The van der Waals surface area contributed by atoms with Crippen LogP contribution in [-0.4, -0.2) is 62.2 Å². The number of aliphatic carboxylic acids is 1. The van der Waals surface area contributed by atoms with Crippen LogP contribution < -0.4 is 0 Å². The molecule has 1 aliphatic rings. The van der Waals surface area contributed by atoms with E-state index in [9.17, 15) is 4.79 Å². The second kappa shape index (κ2) is 3.56. The first-order chi connectivity index (χ1) is 5.95. The van der Waals surface area contributed by atoms with Gasteiger partial charge in [-0.05, 0) is 0 Å². The van der Waals surface area contributed by atoms with Gasteiger partial charge in [0.15, 0.2) is 12.4 Å². The summed E-state index contributed by atoms with van der Waals surface area (Å²) in [6.45, 7) is 0. The summed E-state index contributed by atoms with van der Waals surface area (Å²) < 4.78 is 4.34. The van der Waals surface area contributed by atoms with Gasteiger partial charge in [0.2, 0.25) is 0 Å². The van der Waals surface area contributed by atoms with Crippen molar-refractivity contribution < 1.29 is 35.1 Å². The van der Waals surface area contributed by atoms with Crippen molar-refractivity contribution in [3.8, 4) is 0 Å². The van der Waals surface area contributed by atoms with Crippen molar-refractivity contribution in [2.24, 2.45) is 0 Å². The van der Waals surface area contributed by atoms with Crippen molar-refractivity contribution >= 4 is 5.97 Å². The van der Waals surface area contributed by atoms with Crippen LogP contribution in [0.3, 0.4) is 0 Å². The van der Waals surface area contributed by atoms with Gasteiger partial charge in [-0.1, -0.05) is 0 Å². The van der Waals surface area contributed by atoms with Crippen molar-refractivity contribution in [1.82, 2.24) is 0 Å². The van der Waals surface area contributed by atoms with E-state index in [0.717, 1.165) is 0 Å². The minimum Gasteiger partial charge on any atom is -0.479 e. The van der Waals surface area contributed by atoms with Gasteiger partial charge in [0.05, 0.1) is 0 Å². The third-order valence-electron chi connectivity index (χ3n) is 1.83. The predicted octanol–water partition coefficient (Wildman–Crippen LogP) is -3.13. The average Bonchev–Trinajstić information content (AvgIpc) is 2.07. The fourth-order valence-electron chi connectivity index (χ4n) is 1.07. The van der Waals surface area contributed by atoms with Crippen molar-refractivity contribution in [3.05, 3.63) is 0 Å². The van der Waals surface area contributed by atoms with Gasteiger partial charge in [-0.15, -0.1) is 0 Å². The summed E-state index contributed by atoms with van der Waals surface area (Å²) in [4.78, 5) is 10.4. The SMILES string of the molecule is O=C(O)[C@@H]1O[C@H](O)[C@@H](O)[C@H](O)[C@@H]1O. The molecule has 1 aliphatic heterocycles. The highest BCUT2D eigenvalue weighted by molar-refractivity contribution is 5.73. The molecule has 0 amide bonds. The van der Waals surface area contributed by atoms with Gasteiger partial charge in [0, 0.05) is 0 Å². The first kappa shape index (κ1) is 10.4. The van der Waals surface area contributed by atoms with E-state index >= 15 is 0 Å². The summed E-state index contributed by atoms with van der Waals surface area (Å²) >= 11 is 0. The molecule has 0 spiro atoms. The van der Waals surface area contributed by atoms with Crippen molar-refractivity contribution in [2.75, 3.05) is 0 Å². The number of aliphatic hydroxyl groups excluding tert-OH is 4. The first-order valence-electron chi connectivity index (χ1n) is 3.55. The van der Waals surface area contributed by atoms with Crippen molar-refractivity contribution in [2.45, 2.75) is 30.7 Å². The Balaban J connectivity index is 2.76. The number of hydrogen-bond acceptors (Lipinski definition) is 6. The van der Waals surface area contributed by atoms with Gasteiger partial charge in [-0.3, -0.25) is 0 Å². The van der Waals surface area contributed by atoms with Crippen LogP contribution in [0.2, 0.25) is 0 Å². The van der Waals surface area contributed by atoms with Crippen LogP contribution in [0, 0.1) is 0 Å². The fourth-order valence-corrected chi connectivity index (χ4v) is 1.07. The molecule has 0 aromatic carbocycles. The molecule has 1 heterocycles. The average molecular weight is 194 g/mol. The number of aliphatic hydroxyl groups is 4. The molecule has 0 saturated carbocycles. The predicted molar refractivity (Wildman–Crippen MR) is 36.5 cm³/mol. The molecule has 0 unspecified atom stereocenters. The standard InChI is InChI=1S/C6H10O7/c7-1-2(8)4(5(10)11)13-6(12)3(1)9/h1-4,6-9,12H,(H,10,11)/t1-,2+,3+,4-,6+/m1/s1. The first-order valence-corrected chi connectivity index (χ1v) is 3.55. The maximum absolute atomic E-state index is 10.4. The summed E-state index contributed by atoms with van der Waals surface area (Å²) in [7, 11) is 0. The molecular weight excluding hydrogens is 184 g/mol. The second-order valence-corrected chi connectivity index (χ2v) is 2.76. The normalized spacial score (nSPS) is 46.0. The molecule has 0 bridgehead atoms. The highest BCUT2D eigenvalue weighted by Crippen LogP contribution is 2.19. The van der Waals surface area contributed by atoms with Crippen LogP contribution in [-0.2, 0) is 9.53 Å². The monoisotopic (exact) mass is 194 g/mol. The molecule has 13 heavy (non-hydrogen) atoms. The number of carboxylic acid groups (broad SMARTS) is 1. The highest BCUT2D eigenvalue weighted by Gasteiger charge is 2.46. The smallest absolute Gasteiger partial charge is 0.335 e. The Hall–Kier alpha value is -0.730. The molecule has 0 radical (unpaired) electrons. The Morgan fingerprint density at radius 2 is 1.54 bits per heavy atom. The molecule has 7 heteroatoms. The van der Waals surface area contributed by atoms with E-state index < -0.39 is 36.7 Å². The van der Waals surface area contributed by atoms with Crippen molar-refractivity contribution in [1.29, 1.82) is 0 Å². The Kier molecular flexibility index (Phi) is 2.84. The summed E-state index contributed by atoms with van der Waals surface area (Å²) in [6.07, 6.45) is -8.72. The fraction of sp³-hybridized carbons (Fsp3) is 0.833. The van der Waals surface area contributed by atoms with E-state index in [0.29, 0.717) is 0 Å². The van der Waals surface area contributed by atoms with E-state index in [1.54, 1.807) is 0 Å². The molecule has 1 fully saturated rings. The molecule has 76 valence electrons. The molecule has 0 aliphatic carbocycles. The minimum absolute atomic E-state index is 1.52. The minimum atomic E-state index is -1.81. The third-order valence-corrected chi connectivity index (χ3v) is 1.83. The van der Waals surface area contributed by atoms with E-state index in [-0.39, 0.29) is 0 Å². The Morgan fingerprint density at radius 3 is 2.00 bits per heavy atom. The van der Waals surface area contributed by atoms with Crippen LogP contribution in [0.25, 0.3) is 0 Å². The zero-order valence-corrected chi connectivity index (χ0v) is 6.44. The van der Waals surface area contributed by atoms with E-state index in [1.165, 1.54) is 0 Å². The summed E-state index contributed by atoms with van der Waals surface area (Å²) in [6, 6.07) is 0. The lowest BCUT2D eigenvalue weighted by atomic mass is 9.99. The van der Waals surface area contributed by atoms with Gasteiger partial charge >= 0.3 is 5.97 Å². The van der Waals surface area contributed by atoms with Gasteiger partial charge < -0.3 is 30.3 Å². The maximum atomic E-state index is 10.4. The molecular formula is C6H10O7. The highest BCUT2D eigenvalue weighted by atomic mass is 16.6. The van der Waals surface area contributed by atoms with E-state index in [2.05, 4.69) is 4.74 Å². The molecule has 0 aromatic heterocycles. The van der Waals surface area contributed by atoms with Gasteiger partial charge in [0.25, 0.3) is 0 Å². The lowest BCUT2D eigenvalue weighted by Gasteiger charge is -2.36. The van der Waals surface area contributed by atoms with Crippen LogP contribution >= 0.6 is 0 Å². The molecule has 1 rings (SSSR count). The van der Waals surface area contributed by atoms with Crippen molar-refractivity contribution in [3.63, 3.8) is 0 Å². The summed E-state index contributed by atoms with van der Waals surface area (Å²) in [5, 5.41) is 44.4. The third kappa shape index (κ3) is 1.79. The number of hydrogen-bond donors (Lipinski definition) is 5. The summed E-state index contributed by atoms with van der Waals surface area (Å²) in [5.41, 5.74) is 0. The lowest BCUT2D eigenvalue weighted by Crippen LogP contribution is -2.59. The zero-order chi connectivity index (χ0) is 10.2. The van der Waals surface area contributed by atoms with Gasteiger partial charge in [-0.2, -0.15) is 0 Å². The maximum Gasteiger partial charge on any atom is 0.335 e. The van der Waals surface area contributed by atoms with E-state index in [1.807, 2.05) is 0 Å². The zero-order valence-electron chi connectivity index (χ0n) is 6.44. The molecule has 0 aromatic rings. The Morgan fingerprint density at radius 1 is 1.00 bits per heavy atom.